The van der Waals surface area contributed by atoms with Crippen LogP contribution in [0.25, 0.3) is 27.8 Å². The molecule has 0 amide bonds. The molecule has 4 aromatic rings. The van der Waals surface area contributed by atoms with Crippen LogP contribution in [0.1, 0.15) is 24.0 Å². The van der Waals surface area contributed by atoms with Gasteiger partial charge >= 0.3 is 0 Å². The Bertz CT molecular complexity index is 1260. The summed E-state index contributed by atoms with van der Waals surface area (Å²) in [7, 11) is 0. The molecule has 0 spiro atoms. The summed E-state index contributed by atoms with van der Waals surface area (Å²) < 4.78 is 1.99. The Balaban J connectivity index is 1.74. The van der Waals surface area contributed by atoms with Crippen molar-refractivity contribution >= 4 is 16.7 Å². The normalized spacial score (nSPS) is 16.4. The molecule has 2 aromatic carbocycles. The third-order valence-electron chi connectivity index (χ3n) is 5.90. The molecule has 6 nitrogen and oxygen atoms in total. The van der Waals surface area contributed by atoms with Gasteiger partial charge in [-0.2, -0.15) is 10.4 Å². The van der Waals surface area contributed by atoms with Crippen LogP contribution in [0.2, 0.25) is 0 Å². The monoisotopic (exact) mass is 408 g/mol. The Morgan fingerprint density at radius 1 is 1.06 bits per heavy atom. The highest BCUT2D eigenvalue weighted by Crippen LogP contribution is 2.35. The van der Waals surface area contributed by atoms with E-state index >= 15 is 0 Å². The molecule has 6 heteroatoms. The summed E-state index contributed by atoms with van der Waals surface area (Å²) in [5.41, 5.74) is 11.9. The van der Waals surface area contributed by atoms with E-state index in [0.29, 0.717) is 5.56 Å². The van der Waals surface area contributed by atoms with Crippen molar-refractivity contribution in [3.05, 3.63) is 71.9 Å². The lowest BCUT2D eigenvalue weighted by Gasteiger charge is -2.31. The number of nitrogens with zero attached hydrogens (tertiary/aromatic N) is 5. The largest absolute Gasteiger partial charge is 0.353 e. The van der Waals surface area contributed by atoms with Crippen LogP contribution >= 0.6 is 0 Å². The lowest BCUT2D eigenvalue weighted by molar-refractivity contribution is 0.504. The second-order valence-electron chi connectivity index (χ2n) is 8.16. The standard InChI is InChI=1S/C25H24N6/c1-17-4-10-21(11-5-17)31-24(19-8-6-18(15-26)7-9-19)22-12-13-28-25(23(22)29-31)30-14-2-3-20(27)16-30/h4-13,20H,2-3,14,16,27H2,1H3/t20-/m0/s1. The van der Waals surface area contributed by atoms with E-state index in [9.17, 15) is 5.26 Å². The van der Waals surface area contributed by atoms with Gasteiger partial charge in [-0.15, -0.1) is 0 Å². The molecule has 0 bridgehead atoms. The predicted molar refractivity (Wildman–Crippen MR) is 123 cm³/mol. The maximum atomic E-state index is 9.20. The fraction of sp³-hybridized carbons (Fsp3) is 0.240. The van der Waals surface area contributed by atoms with E-state index in [1.807, 2.05) is 41.2 Å². The molecule has 0 aliphatic carbocycles. The second-order valence-corrected chi connectivity index (χ2v) is 8.16. The van der Waals surface area contributed by atoms with E-state index in [-0.39, 0.29) is 6.04 Å². The van der Waals surface area contributed by atoms with Crippen molar-refractivity contribution in [1.29, 1.82) is 5.26 Å². The molecule has 1 fully saturated rings. The Kier molecular flexibility index (Phi) is 4.89. The first-order chi connectivity index (χ1) is 15.1. The molecule has 31 heavy (non-hydrogen) atoms. The molecule has 0 unspecified atom stereocenters. The number of benzene rings is 2. The van der Waals surface area contributed by atoms with Crippen molar-refractivity contribution in [3.63, 3.8) is 0 Å². The van der Waals surface area contributed by atoms with Crippen molar-refractivity contribution in [2.75, 3.05) is 18.0 Å². The van der Waals surface area contributed by atoms with E-state index in [0.717, 1.165) is 59.6 Å². The molecule has 0 saturated carbocycles. The molecular weight excluding hydrogens is 384 g/mol. The summed E-state index contributed by atoms with van der Waals surface area (Å²) in [6.07, 6.45) is 3.95. The van der Waals surface area contributed by atoms with E-state index in [2.05, 4.69) is 42.2 Å². The number of pyridine rings is 1. The van der Waals surface area contributed by atoms with Gasteiger partial charge in [-0.1, -0.05) is 29.8 Å². The van der Waals surface area contributed by atoms with Gasteiger partial charge in [-0.25, -0.2) is 9.67 Å². The predicted octanol–water partition coefficient (Wildman–Crippen LogP) is 4.20. The van der Waals surface area contributed by atoms with Crippen LogP contribution in [0, 0.1) is 18.3 Å². The quantitative estimate of drug-likeness (QED) is 0.549. The number of nitrogens with two attached hydrogens (primary N) is 1. The third kappa shape index (κ3) is 3.54. The first kappa shape index (κ1) is 19.3. The van der Waals surface area contributed by atoms with Gasteiger partial charge in [0.2, 0.25) is 0 Å². The number of fused-ring (bicyclic) bond motifs is 1. The van der Waals surface area contributed by atoms with Gasteiger partial charge in [0.1, 0.15) is 5.52 Å². The van der Waals surface area contributed by atoms with Gasteiger partial charge in [-0.05, 0) is 50.1 Å². The van der Waals surface area contributed by atoms with Crippen LogP contribution in [0.3, 0.4) is 0 Å². The summed E-state index contributed by atoms with van der Waals surface area (Å²) in [5, 5.41) is 15.3. The first-order valence-electron chi connectivity index (χ1n) is 10.6. The fourth-order valence-electron chi connectivity index (χ4n) is 4.28. The Morgan fingerprint density at radius 3 is 2.55 bits per heavy atom. The van der Waals surface area contributed by atoms with Crippen molar-refractivity contribution in [1.82, 2.24) is 14.8 Å². The summed E-state index contributed by atoms with van der Waals surface area (Å²) in [6, 6.07) is 20.4. The van der Waals surface area contributed by atoms with E-state index in [1.54, 1.807) is 0 Å². The number of piperidine rings is 1. The number of hydrogen-bond donors (Lipinski definition) is 1. The number of nitriles is 1. The zero-order valence-electron chi connectivity index (χ0n) is 17.5. The van der Waals surface area contributed by atoms with E-state index in [1.165, 1.54) is 5.56 Å². The molecule has 1 atom stereocenters. The molecule has 2 aromatic heterocycles. The van der Waals surface area contributed by atoms with Crippen LogP contribution < -0.4 is 10.6 Å². The molecular formula is C25H24N6. The molecule has 0 radical (unpaired) electrons. The lowest BCUT2D eigenvalue weighted by Crippen LogP contribution is -2.43. The van der Waals surface area contributed by atoms with Crippen molar-refractivity contribution in [3.8, 4) is 23.0 Å². The van der Waals surface area contributed by atoms with Crippen molar-refractivity contribution in [2.24, 2.45) is 5.73 Å². The Morgan fingerprint density at radius 2 is 1.84 bits per heavy atom. The van der Waals surface area contributed by atoms with Gasteiger partial charge in [0.05, 0.1) is 23.0 Å². The number of hydrogen-bond acceptors (Lipinski definition) is 5. The summed E-state index contributed by atoms with van der Waals surface area (Å²) in [6.45, 7) is 3.80. The molecule has 1 saturated heterocycles. The van der Waals surface area contributed by atoms with Crippen molar-refractivity contribution < 1.29 is 0 Å². The molecule has 154 valence electrons. The zero-order valence-corrected chi connectivity index (χ0v) is 17.5. The first-order valence-corrected chi connectivity index (χ1v) is 10.6. The Hall–Kier alpha value is -3.69. The van der Waals surface area contributed by atoms with Gasteiger partial charge in [-0.3, -0.25) is 0 Å². The highest BCUT2D eigenvalue weighted by Gasteiger charge is 2.24. The van der Waals surface area contributed by atoms with Crippen LogP contribution in [-0.4, -0.2) is 33.9 Å². The van der Waals surface area contributed by atoms with Gasteiger partial charge in [0, 0.05) is 36.3 Å². The molecule has 5 rings (SSSR count). The van der Waals surface area contributed by atoms with Crippen molar-refractivity contribution in [2.45, 2.75) is 25.8 Å². The molecule has 1 aliphatic rings. The number of rotatable bonds is 3. The Labute approximate surface area is 181 Å². The highest BCUT2D eigenvalue weighted by molar-refractivity contribution is 5.99. The van der Waals surface area contributed by atoms with Crippen LogP contribution in [-0.2, 0) is 0 Å². The number of aromatic nitrogens is 3. The molecule has 2 N–H and O–H groups in total. The average Bonchev–Trinajstić information content (AvgIpc) is 3.19. The number of aryl methyl sites for hydroxylation is 1. The third-order valence-corrected chi connectivity index (χ3v) is 5.90. The van der Waals surface area contributed by atoms with Gasteiger partial charge < -0.3 is 10.6 Å². The topological polar surface area (TPSA) is 83.8 Å². The average molecular weight is 409 g/mol. The maximum absolute atomic E-state index is 9.20. The molecule has 1 aliphatic heterocycles. The summed E-state index contributed by atoms with van der Waals surface area (Å²) in [4.78, 5) is 6.96. The minimum absolute atomic E-state index is 0.156. The minimum Gasteiger partial charge on any atom is -0.353 e. The maximum Gasteiger partial charge on any atom is 0.157 e. The van der Waals surface area contributed by atoms with E-state index < -0.39 is 0 Å². The molecule has 3 heterocycles. The highest BCUT2D eigenvalue weighted by atomic mass is 15.3. The van der Waals surface area contributed by atoms with Gasteiger partial charge in [0.15, 0.2) is 5.82 Å². The SMILES string of the molecule is Cc1ccc(-n2nc3c(N4CCC[C@H](N)C4)nccc3c2-c2ccc(C#N)cc2)cc1. The van der Waals surface area contributed by atoms with Gasteiger partial charge in [0.25, 0.3) is 0 Å². The summed E-state index contributed by atoms with van der Waals surface area (Å²) >= 11 is 0. The van der Waals surface area contributed by atoms with Crippen LogP contribution in [0.4, 0.5) is 5.82 Å². The summed E-state index contributed by atoms with van der Waals surface area (Å²) in [5.74, 6) is 0.883. The van der Waals surface area contributed by atoms with E-state index in [4.69, 9.17) is 15.8 Å². The zero-order chi connectivity index (χ0) is 21.4. The van der Waals surface area contributed by atoms with Crippen LogP contribution in [0.15, 0.2) is 60.8 Å². The smallest absolute Gasteiger partial charge is 0.157 e. The lowest BCUT2D eigenvalue weighted by atomic mass is 10.0. The fourth-order valence-corrected chi connectivity index (χ4v) is 4.28. The second kappa shape index (κ2) is 7.86. The number of anilines is 1. The minimum atomic E-state index is 0.156. The van der Waals surface area contributed by atoms with Crippen LogP contribution in [0.5, 0.6) is 0 Å².